The predicted octanol–water partition coefficient (Wildman–Crippen LogP) is 2.47. The summed E-state index contributed by atoms with van der Waals surface area (Å²) in [7, 11) is 2.07. The molecule has 5 nitrogen and oxygen atoms in total. The van der Waals surface area contributed by atoms with Crippen molar-refractivity contribution in [2.24, 2.45) is 0 Å². The van der Waals surface area contributed by atoms with Crippen molar-refractivity contribution in [2.75, 3.05) is 39.9 Å². The molecule has 132 valence electrons. The number of benzene rings is 1. The SMILES string of the molecule is CN1NC(CN2CCCC2)OC1c1ccc(C2CCOCC2)cc1. The standard InChI is InChI=1S/C19H29N3O2/c1-21-19(24-18(20-21)14-22-10-2-3-11-22)17-6-4-15(5-7-17)16-8-12-23-13-9-16/h4-7,16,18-20H,2-3,8-14H2,1H3. The zero-order chi connectivity index (χ0) is 16.4. The number of nitrogens with zero attached hydrogens (tertiary/aromatic N) is 2. The van der Waals surface area contributed by atoms with E-state index in [4.69, 9.17) is 9.47 Å². The van der Waals surface area contributed by atoms with Gasteiger partial charge in [0.05, 0.1) is 0 Å². The van der Waals surface area contributed by atoms with Crippen molar-refractivity contribution in [3.63, 3.8) is 0 Å². The Labute approximate surface area is 144 Å². The number of likely N-dealkylation sites (tertiary alicyclic amines) is 1. The highest BCUT2D eigenvalue weighted by Crippen LogP contribution is 2.31. The molecular weight excluding hydrogens is 302 g/mol. The van der Waals surface area contributed by atoms with Crippen LogP contribution in [0.3, 0.4) is 0 Å². The van der Waals surface area contributed by atoms with Gasteiger partial charge < -0.3 is 9.47 Å². The Bertz CT molecular complexity index is 524. The zero-order valence-corrected chi connectivity index (χ0v) is 14.6. The van der Waals surface area contributed by atoms with Gasteiger partial charge in [-0.15, -0.1) is 0 Å². The summed E-state index contributed by atoms with van der Waals surface area (Å²) >= 11 is 0. The first-order valence-corrected chi connectivity index (χ1v) is 9.34. The third-order valence-corrected chi connectivity index (χ3v) is 5.53. The van der Waals surface area contributed by atoms with Gasteiger partial charge in [-0.2, -0.15) is 0 Å². The fourth-order valence-electron chi connectivity index (χ4n) is 4.12. The lowest BCUT2D eigenvalue weighted by Crippen LogP contribution is -2.40. The average Bonchev–Trinajstić information content (AvgIpc) is 3.26. The Morgan fingerprint density at radius 2 is 1.71 bits per heavy atom. The van der Waals surface area contributed by atoms with Gasteiger partial charge in [-0.25, -0.2) is 10.4 Å². The molecule has 3 aliphatic heterocycles. The maximum atomic E-state index is 6.26. The summed E-state index contributed by atoms with van der Waals surface area (Å²) < 4.78 is 11.7. The quantitative estimate of drug-likeness (QED) is 0.917. The summed E-state index contributed by atoms with van der Waals surface area (Å²) in [5, 5.41) is 2.10. The maximum absolute atomic E-state index is 6.26. The van der Waals surface area contributed by atoms with Crippen LogP contribution >= 0.6 is 0 Å². The number of hydrogen-bond acceptors (Lipinski definition) is 5. The summed E-state index contributed by atoms with van der Waals surface area (Å²) in [4.78, 5) is 2.49. The van der Waals surface area contributed by atoms with Gasteiger partial charge in [-0.3, -0.25) is 4.90 Å². The van der Waals surface area contributed by atoms with Crippen molar-refractivity contribution in [1.29, 1.82) is 0 Å². The molecule has 3 saturated heterocycles. The lowest BCUT2D eigenvalue weighted by Gasteiger charge is -2.23. The second-order valence-electron chi connectivity index (χ2n) is 7.28. The van der Waals surface area contributed by atoms with Crippen molar-refractivity contribution in [3.05, 3.63) is 35.4 Å². The molecule has 0 saturated carbocycles. The molecule has 0 aliphatic carbocycles. The summed E-state index contributed by atoms with van der Waals surface area (Å²) in [6.45, 7) is 5.17. The van der Waals surface area contributed by atoms with E-state index in [-0.39, 0.29) is 12.5 Å². The lowest BCUT2D eigenvalue weighted by atomic mass is 9.91. The Balaban J connectivity index is 1.37. The van der Waals surface area contributed by atoms with E-state index in [9.17, 15) is 0 Å². The monoisotopic (exact) mass is 331 g/mol. The molecule has 3 heterocycles. The molecule has 0 amide bonds. The van der Waals surface area contributed by atoms with Gasteiger partial charge in [-0.1, -0.05) is 24.3 Å². The van der Waals surface area contributed by atoms with Crippen LogP contribution in [0.2, 0.25) is 0 Å². The normalized spacial score (nSPS) is 30.2. The largest absolute Gasteiger partial charge is 0.381 e. The summed E-state index contributed by atoms with van der Waals surface area (Å²) in [6.07, 6.45) is 5.01. The molecule has 1 aromatic carbocycles. The van der Waals surface area contributed by atoms with Gasteiger partial charge >= 0.3 is 0 Å². The van der Waals surface area contributed by atoms with Gasteiger partial charge in [0, 0.05) is 26.8 Å². The third kappa shape index (κ3) is 3.65. The van der Waals surface area contributed by atoms with Crippen molar-refractivity contribution < 1.29 is 9.47 Å². The fraction of sp³-hybridized carbons (Fsp3) is 0.684. The lowest BCUT2D eigenvalue weighted by molar-refractivity contribution is -0.00429. The van der Waals surface area contributed by atoms with Gasteiger partial charge in [0.15, 0.2) is 6.23 Å². The fourth-order valence-corrected chi connectivity index (χ4v) is 4.12. The summed E-state index contributed by atoms with van der Waals surface area (Å²) in [6, 6.07) is 9.00. The van der Waals surface area contributed by atoms with Gasteiger partial charge in [-0.05, 0) is 55.8 Å². The number of hydrazine groups is 1. The van der Waals surface area contributed by atoms with Crippen LogP contribution in [0.25, 0.3) is 0 Å². The van der Waals surface area contributed by atoms with Crippen molar-refractivity contribution >= 4 is 0 Å². The van der Waals surface area contributed by atoms with E-state index < -0.39 is 0 Å². The molecule has 3 fully saturated rings. The molecule has 0 aromatic heterocycles. The van der Waals surface area contributed by atoms with Crippen LogP contribution in [0.1, 0.15) is 49.0 Å². The first-order valence-electron chi connectivity index (χ1n) is 9.34. The minimum absolute atomic E-state index is 0.00124. The van der Waals surface area contributed by atoms with Crippen LogP contribution in [0.15, 0.2) is 24.3 Å². The van der Waals surface area contributed by atoms with Crippen LogP contribution in [0.4, 0.5) is 0 Å². The second-order valence-corrected chi connectivity index (χ2v) is 7.28. The van der Waals surface area contributed by atoms with E-state index in [2.05, 4.69) is 46.6 Å². The summed E-state index contributed by atoms with van der Waals surface area (Å²) in [5.41, 5.74) is 6.12. The van der Waals surface area contributed by atoms with Crippen LogP contribution in [0, 0.1) is 0 Å². The molecular formula is C19H29N3O2. The first kappa shape index (κ1) is 16.5. The predicted molar refractivity (Wildman–Crippen MR) is 93.4 cm³/mol. The molecule has 1 N–H and O–H groups in total. The van der Waals surface area contributed by atoms with Crippen LogP contribution in [-0.4, -0.2) is 56.0 Å². The Morgan fingerprint density at radius 1 is 1.04 bits per heavy atom. The van der Waals surface area contributed by atoms with Crippen molar-refractivity contribution in [3.8, 4) is 0 Å². The molecule has 0 radical (unpaired) electrons. The minimum Gasteiger partial charge on any atom is -0.381 e. The topological polar surface area (TPSA) is 37.0 Å². The van der Waals surface area contributed by atoms with E-state index in [0.29, 0.717) is 5.92 Å². The zero-order valence-electron chi connectivity index (χ0n) is 14.6. The van der Waals surface area contributed by atoms with Crippen molar-refractivity contribution in [1.82, 2.24) is 15.3 Å². The first-order chi connectivity index (χ1) is 11.8. The van der Waals surface area contributed by atoms with Crippen LogP contribution < -0.4 is 5.43 Å². The van der Waals surface area contributed by atoms with Gasteiger partial charge in [0.1, 0.15) is 6.23 Å². The highest BCUT2D eigenvalue weighted by atomic mass is 16.6. The highest BCUT2D eigenvalue weighted by molar-refractivity contribution is 5.27. The molecule has 0 spiro atoms. The molecule has 24 heavy (non-hydrogen) atoms. The molecule has 3 aliphatic rings. The molecule has 0 bridgehead atoms. The maximum Gasteiger partial charge on any atom is 0.151 e. The average molecular weight is 331 g/mol. The van der Waals surface area contributed by atoms with Gasteiger partial charge in [0.25, 0.3) is 0 Å². The van der Waals surface area contributed by atoms with E-state index in [1.807, 2.05) is 0 Å². The Hall–Kier alpha value is -0.980. The number of nitrogens with one attached hydrogen (secondary N) is 1. The van der Waals surface area contributed by atoms with Gasteiger partial charge in [0.2, 0.25) is 0 Å². The second kappa shape index (κ2) is 7.50. The smallest absolute Gasteiger partial charge is 0.151 e. The van der Waals surface area contributed by atoms with Crippen LogP contribution in [-0.2, 0) is 9.47 Å². The molecule has 4 rings (SSSR count). The van der Waals surface area contributed by atoms with Crippen molar-refractivity contribution in [2.45, 2.75) is 44.1 Å². The van der Waals surface area contributed by atoms with E-state index in [0.717, 1.165) is 32.6 Å². The molecule has 5 heteroatoms. The highest BCUT2D eigenvalue weighted by Gasteiger charge is 2.32. The number of hydrogen-bond donors (Lipinski definition) is 1. The summed E-state index contributed by atoms with van der Waals surface area (Å²) in [5.74, 6) is 0.649. The third-order valence-electron chi connectivity index (χ3n) is 5.53. The van der Waals surface area contributed by atoms with E-state index in [1.165, 1.54) is 37.1 Å². The molecule has 1 aromatic rings. The Morgan fingerprint density at radius 3 is 2.42 bits per heavy atom. The van der Waals surface area contributed by atoms with E-state index in [1.54, 1.807) is 0 Å². The van der Waals surface area contributed by atoms with E-state index >= 15 is 0 Å². The molecule has 2 atom stereocenters. The number of ether oxygens (including phenoxy) is 2. The Kier molecular flexibility index (Phi) is 5.15. The number of rotatable bonds is 4. The van der Waals surface area contributed by atoms with Crippen LogP contribution in [0.5, 0.6) is 0 Å². The minimum atomic E-state index is 0.00124. The molecule has 2 unspecified atom stereocenters.